The highest BCUT2D eigenvalue weighted by Crippen LogP contribution is 2.30. The van der Waals surface area contributed by atoms with Gasteiger partial charge < -0.3 is 9.84 Å². The van der Waals surface area contributed by atoms with Crippen LogP contribution in [0.25, 0.3) is 22.1 Å². The third-order valence-electron chi connectivity index (χ3n) is 4.43. The summed E-state index contributed by atoms with van der Waals surface area (Å²) in [6.07, 6.45) is 1.72. The number of carbonyl (C=O) groups excluding carboxylic acids is 1. The van der Waals surface area contributed by atoms with E-state index in [2.05, 4.69) is 21.5 Å². The summed E-state index contributed by atoms with van der Waals surface area (Å²) in [6, 6.07) is 14.6. The summed E-state index contributed by atoms with van der Waals surface area (Å²) < 4.78 is 5.36. The zero-order valence-electron chi connectivity index (χ0n) is 16.8. The van der Waals surface area contributed by atoms with Gasteiger partial charge in [-0.2, -0.15) is 0 Å². The van der Waals surface area contributed by atoms with E-state index >= 15 is 0 Å². The van der Waals surface area contributed by atoms with Crippen molar-refractivity contribution in [1.82, 2.24) is 10.1 Å². The Morgan fingerprint density at radius 3 is 2.52 bits per heavy atom. The van der Waals surface area contributed by atoms with Crippen molar-refractivity contribution in [3.63, 3.8) is 0 Å². The first kappa shape index (κ1) is 20.6. The number of amides is 1. The Hall–Kier alpha value is -3.18. The van der Waals surface area contributed by atoms with E-state index in [1.54, 1.807) is 36.5 Å². The number of hydrogen-bond acceptors (Lipinski definition) is 4. The van der Waals surface area contributed by atoms with Crippen LogP contribution in [0.2, 0.25) is 5.02 Å². The lowest BCUT2D eigenvalue weighted by Crippen LogP contribution is -2.13. The minimum absolute atomic E-state index is 0.296. The van der Waals surface area contributed by atoms with E-state index in [9.17, 15) is 4.79 Å². The molecule has 0 saturated carbocycles. The molecule has 5 nitrogen and oxygen atoms in total. The molecule has 0 spiro atoms. The van der Waals surface area contributed by atoms with E-state index in [0.717, 1.165) is 33.4 Å². The van der Waals surface area contributed by atoms with Crippen LogP contribution in [0, 0.1) is 13.8 Å². The van der Waals surface area contributed by atoms with Crippen LogP contribution < -0.4 is 5.32 Å². The zero-order valence-corrected chi connectivity index (χ0v) is 17.5. The summed E-state index contributed by atoms with van der Waals surface area (Å²) in [4.78, 5) is 16.7. The molecule has 6 heteroatoms. The first-order valence-corrected chi connectivity index (χ1v) is 9.79. The molecule has 0 fully saturated rings. The SMILES string of the molecule is CC.Cc1cc2c(C)noc2cc1-c1ccc(NC(=O)c2ccccc2Cl)nc1. The fourth-order valence-corrected chi connectivity index (χ4v) is 3.20. The van der Waals surface area contributed by atoms with Gasteiger partial charge in [0.15, 0.2) is 5.58 Å². The monoisotopic (exact) mass is 407 g/mol. The van der Waals surface area contributed by atoms with Gasteiger partial charge in [0.25, 0.3) is 5.91 Å². The fraction of sp³-hybridized carbons (Fsp3) is 0.174. The fourth-order valence-electron chi connectivity index (χ4n) is 2.98. The van der Waals surface area contributed by atoms with Crippen molar-refractivity contribution in [3.05, 3.63) is 76.6 Å². The Bertz CT molecular complexity index is 1150. The number of nitrogens with one attached hydrogen (secondary N) is 1. The smallest absolute Gasteiger partial charge is 0.258 e. The number of fused-ring (bicyclic) bond motifs is 1. The summed E-state index contributed by atoms with van der Waals surface area (Å²) >= 11 is 6.06. The Morgan fingerprint density at radius 1 is 1.07 bits per heavy atom. The van der Waals surface area contributed by atoms with Gasteiger partial charge in [0.05, 0.1) is 16.3 Å². The van der Waals surface area contributed by atoms with Crippen molar-refractivity contribution in [2.45, 2.75) is 27.7 Å². The number of anilines is 1. The maximum Gasteiger partial charge on any atom is 0.258 e. The number of rotatable bonds is 3. The van der Waals surface area contributed by atoms with Crippen LogP contribution in [0.5, 0.6) is 0 Å². The van der Waals surface area contributed by atoms with Gasteiger partial charge in [0.1, 0.15) is 5.82 Å². The molecular formula is C23H22ClN3O2. The standard InChI is InChI=1S/C21H16ClN3O2.C2H6/c1-12-9-17-13(2)25-27-19(17)10-16(12)14-7-8-20(23-11-14)24-21(26)15-5-3-4-6-18(15)22;1-2/h3-11H,1-2H3,(H,23,24,26);1-2H3. The maximum absolute atomic E-state index is 12.3. The second-order valence-corrected chi connectivity index (χ2v) is 6.70. The van der Waals surface area contributed by atoms with Crippen molar-refractivity contribution >= 4 is 34.3 Å². The molecule has 0 bridgehead atoms. The van der Waals surface area contributed by atoms with Crippen LogP contribution in [0.4, 0.5) is 5.82 Å². The predicted octanol–water partition coefficient (Wildman–Crippen LogP) is 6.44. The quantitative estimate of drug-likeness (QED) is 0.424. The number of aryl methyl sites for hydroxylation is 2. The molecule has 1 N–H and O–H groups in total. The molecule has 0 aliphatic heterocycles. The van der Waals surface area contributed by atoms with Gasteiger partial charge in [-0.05, 0) is 61.4 Å². The predicted molar refractivity (Wildman–Crippen MR) is 117 cm³/mol. The summed E-state index contributed by atoms with van der Waals surface area (Å²) in [6.45, 7) is 7.96. The molecule has 0 atom stereocenters. The molecule has 2 heterocycles. The van der Waals surface area contributed by atoms with Gasteiger partial charge in [0.2, 0.25) is 0 Å². The minimum atomic E-state index is -0.296. The second kappa shape index (κ2) is 8.88. The number of aromatic nitrogens is 2. The number of benzene rings is 2. The summed E-state index contributed by atoms with van der Waals surface area (Å²) in [5.41, 5.74) is 5.06. The molecule has 2 aromatic carbocycles. The van der Waals surface area contributed by atoms with Crippen LogP contribution in [0.3, 0.4) is 0 Å². The largest absolute Gasteiger partial charge is 0.356 e. The molecule has 0 aliphatic carbocycles. The van der Waals surface area contributed by atoms with Crippen LogP contribution >= 0.6 is 11.6 Å². The normalized spacial score (nSPS) is 10.4. The van der Waals surface area contributed by atoms with Gasteiger partial charge in [-0.25, -0.2) is 4.98 Å². The van der Waals surface area contributed by atoms with Crippen LogP contribution in [-0.2, 0) is 0 Å². The number of pyridine rings is 1. The first-order valence-electron chi connectivity index (χ1n) is 9.42. The summed E-state index contributed by atoms with van der Waals surface area (Å²) in [5, 5.41) is 8.18. The molecule has 4 aromatic rings. The van der Waals surface area contributed by atoms with Gasteiger partial charge in [-0.3, -0.25) is 4.79 Å². The molecule has 0 saturated heterocycles. The third-order valence-corrected chi connectivity index (χ3v) is 4.76. The third kappa shape index (κ3) is 4.30. The van der Waals surface area contributed by atoms with Crippen molar-refractivity contribution in [1.29, 1.82) is 0 Å². The zero-order chi connectivity index (χ0) is 21.0. The van der Waals surface area contributed by atoms with Crippen LogP contribution in [0.1, 0.15) is 35.5 Å². The van der Waals surface area contributed by atoms with Crippen LogP contribution in [0.15, 0.2) is 59.3 Å². The van der Waals surface area contributed by atoms with E-state index in [4.69, 9.17) is 16.1 Å². The Balaban J connectivity index is 0.00000117. The molecule has 2 aromatic heterocycles. The maximum atomic E-state index is 12.3. The lowest BCUT2D eigenvalue weighted by molar-refractivity contribution is 0.102. The topological polar surface area (TPSA) is 68.0 Å². The van der Waals surface area contributed by atoms with E-state index in [1.165, 1.54) is 0 Å². The van der Waals surface area contributed by atoms with Gasteiger partial charge >= 0.3 is 0 Å². The van der Waals surface area contributed by atoms with E-state index in [0.29, 0.717) is 16.4 Å². The lowest BCUT2D eigenvalue weighted by Gasteiger charge is -2.09. The Labute approximate surface area is 174 Å². The van der Waals surface area contributed by atoms with Gasteiger partial charge in [-0.15, -0.1) is 0 Å². The van der Waals surface area contributed by atoms with E-state index in [1.807, 2.05) is 39.8 Å². The highest BCUT2D eigenvalue weighted by atomic mass is 35.5. The first-order chi connectivity index (χ1) is 14.0. The summed E-state index contributed by atoms with van der Waals surface area (Å²) in [5.74, 6) is 0.161. The van der Waals surface area contributed by atoms with E-state index in [-0.39, 0.29) is 5.91 Å². The molecular weight excluding hydrogens is 386 g/mol. The molecule has 4 rings (SSSR count). The van der Waals surface area contributed by atoms with E-state index < -0.39 is 0 Å². The number of hydrogen-bond donors (Lipinski definition) is 1. The number of halogens is 1. The van der Waals surface area contributed by atoms with Crippen molar-refractivity contribution in [2.75, 3.05) is 5.32 Å². The molecule has 1 amide bonds. The van der Waals surface area contributed by atoms with Crippen molar-refractivity contribution in [3.8, 4) is 11.1 Å². The van der Waals surface area contributed by atoms with Crippen molar-refractivity contribution in [2.24, 2.45) is 0 Å². The van der Waals surface area contributed by atoms with Gasteiger partial charge in [0, 0.05) is 17.1 Å². The number of nitrogens with zero attached hydrogens (tertiary/aromatic N) is 2. The average Bonchev–Trinajstić information content (AvgIpc) is 3.09. The average molecular weight is 408 g/mol. The number of carbonyl (C=O) groups is 1. The highest BCUT2D eigenvalue weighted by Gasteiger charge is 2.12. The molecule has 0 radical (unpaired) electrons. The summed E-state index contributed by atoms with van der Waals surface area (Å²) in [7, 11) is 0. The Kier molecular flexibility index (Phi) is 6.29. The molecule has 148 valence electrons. The second-order valence-electron chi connectivity index (χ2n) is 6.30. The van der Waals surface area contributed by atoms with Crippen molar-refractivity contribution < 1.29 is 9.32 Å². The molecule has 29 heavy (non-hydrogen) atoms. The molecule has 0 unspecified atom stereocenters. The van der Waals surface area contributed by atoms with Gasteiger partial charge in [-0.1, -0.05) is 42.7 Å². The Morgan fingerprint density at radius 2 is 1.83 bits per heavy atom. The minimum Gasteiger partial charge on any atom is -0.356 e. The highest BCUT2D eigenvalue weighted by molar-refractivity contribution is 6.34. The molecule has 0 aliphatic rings. The van der Waals surface area contributed by atoms with Crippen LogP contribution in [-0.4, -0.2) is 16.0 Å². The lowest BCUT2D eigenvalue weighted by atomic mass is 10.00.